The number of esters is 1. The Balaban J connectivity index is 1.74. The molecule has 0 aliphatic carbocycles. The van der Waals surface area contributed by atoms with Gasteiger partial charge in [0.1, 0.15) is 12.3 Å². The van der Waals surface area contributed by atoms with Gasteiger partial charge in [0.2, 0.25) is 0 Å². The van der Waals surface area contributed by atoms with Crippen LogP contribution in [-0.2, 0) is 11.3 Å². The number of nitrogens with zero attached hydrogens (tertiary/aromatic N) is 2. The second kappa shape index (κ2) is 6.06. The Morgan fingerprint density at radius 1 is 1.09 bits per heavy atom. The van der Waals surface area contributed by atoms with E-state index < -0.39 is 5.97 Å². The first-order chi connectivity index (χ1) is 10.8. The molecule has 0 N–H and O–H groups in total. The van der Waals surface area contributed by atoms with Gasteiger partial charge in [-0.1, -0.05) is 36.4 Å². The summed E-state index contributed by atoms with van der Waals surface area (Å²) in [5, 5.41) is 9.82. The van der Waals surface area contributed by atoms with Crippen LogP contribution in [0.2, 0.25) is 0 Å². The minimum absolute atomic E-state index is 0.114. The molecule has 1 aromatic heterocycles. The van der Waals surface area contributed by atoms with Crippen LogP contribution in [0.25, 0.3) is 10.9 Å². The van der Waals surface area contributed by atoms with Crippen LogP contribution in [0, 0.1) is 11.3 Å². The van der Waals surface area contributed by atoms with Gasteiger partial charge in [-0.2, -0.15) is 5.26 Å². The summed E-state index contributed by atoms with van der Waals surface area (Å²) in [5.41, 5.74) is 2.34. The van der Waals surface area contributed by atoms with Gasteiger partial charge in [0, 0.05) is 5.39 Å². The Hall–Kier alpha value is -3.19. The van der Waals surface area contributed by atoms with Gasteiger partial charge in [0.05, 0.1) is 17.1 Å². The first-order valence-electron chi connectivity index (χ1n) is 6.78. The van der Waals surface area contributed by atoms with Crippen LogP contribution in [0.4, 0.5) is 0 Å². The first-order valence-corrected chi connectivity index (χ1v) is 6.78. The van der Waals surface area contributed by atoms with Crippen molar-refractivity contribution in [3.63, 3.8) is 0 Å². The van der Waals surface area contributed by atoms with Crippen molar-refractivity contribution in [3.05, 3.63) is 77.5 Å². The summed E-state index contributed by atoms with van der Waals surface area (Å²) in [6.07, 6.45) is 0. The van der Waals surface area contributed by atoms with E-state index in [9.17, 15) is 4.79 Å². The van der Waals surface area contributed by atoms with E-state index in [-0.39, 0.29) is 12.3 Å². The second-order valence-electron chi connectivity index (χ2n) is 4.78. The van der Waals surface area contributed by atoms with E-state index in [4.69, 9.17) is 10.00 Å². The number of carbonyl (C=O) groups excluding carboxylic acids is 1. The van der Waals surface area contributed by atoms with Crippen LogP contribution < -0.4 is 0 Å². The van der Waals surface area contributed by atoms with E-state index >= 15 is 0 Å². The lowest BCUT2D eigenvalue weighted by Crippen LogP contribution is -2.07. The molecule has 0 saturated carbocycles. The Morgan fingerprint density at radius 2 is 1.95 bits per heavy atom. The van der Waals surface area contributed by atoms with Gasteiger partial charge in [0.25, 0.3) is 0 Å². The van der Waals surface area contributed by atoms with Crippen molar-refractivity contribution in [1.82, 2.24) is 4.98 Å². The Bertz CT molecular complexity index is 881. The number of hydrogen-bond acceptors (Lipinski definition) is 4. The predicted molar refractivity (Wildman–Crippen MR) is 82.0 cm³/mol. The summed E-state index contributed by atoms with van der Waals surface area (Å²) in [6.45, 7) is 0.114. The third-order valence-electron chi connectivity index (χ3n) is 3.23. The molecule has 1 heterocycles. The van der Waals surface area contributed by atoms with Crippen molar-refractivity contribution in [2.24, 2.45) is 0 Å². The molecule has 0 amide bonds. The van der Waals surface area contributed by atoms with Crippen molar-refractivity contribution < 1.29 is 9.53 Å². The van der Waals surface area contributed by atoms with E-state index in [1.807, 2.05) is 36.4 Å². The number of para-hydroxylation sites is 1. The zero-order valence-corrected chi connectivity index (χ0v) is 11.7. The lowest BCUT2D eigenvalue weighted by atomic mass is 10.1. The molecule has 2 aromatic carbocycles. The maximum Gasteiger partial charge on any atom is 0.357 e. The molecule has 0 atom stereocenters. The molecule has 0 spiro atoms. The predicted octanol–water partition coefficient (Wildman–Crippen LogP) is 3.46. The number of aromatic nitrogens is 1. The summed E-state index contributed by atoms with van der Waals surface area (Å²) < 4.78 is 5.25. The molecule has 22 heavy (non-hydrogen) atoms. The summed E-state index contributed by atoms with van der Waals surface area (Å²) in [4.78, 5) is 16.4. The Labute approximate surface area is 127 Å². The summed E-state index contributed by atoms with van der Waals surface area (Å²) in [5.74, 6) is -0.479. The van der Waals surface area contributed by atoms with E-state index in [1.165, 1.54) is 0 Å². The van der Waals surface area contributed by atoms with Crippen molar-refractivity contribution >= 4 is 16.9 Å². The Morgan fingerprint density at radius 3 is 2.82 bits per heavy atom. The van der Waals surface area contributed by atoms with Gasteiger partial charge in [-0.05, 0) is 29.8 Å². The van der Waals surface area contributed by atoms with E-state index in [1.54, 1.807) is 24.3 Å². The fourth-order valence-electron chi connectivity index (χ4n) is 2.13. The average Bonchev–Trinajstić information content (AvgIpc) is 2.59. The number of rotatable bonds is 3. The molecule has 0 fully saturated rings. The third kappa shape index (κ3) is 2.94. The normalized spacial score (nSPS) is 10.1. The lowest BCUT2D eigenvalue weighted by molar-refractivity contribution is 0.0466. The van der Waals surface area contributed by atoms with Gasteiger partial charge in [0.15, 0.2) is 0 Å². The van der Waals surface area contributed by atoms with Crippen LogP contribution in [0.5, 0.6) is 0 Å². The molecular weight excluding hydrogens is 276 g/mol. The number of carbonyl (C=O) groups is 1. The van der Waals surface area contributed by atoms with Crippen molar-refractivity contribution in [1.29, 1.82) is 5.26 Å². The molecule has 0 saturated heterocycles. The summed E-state index contributed by atoms with van der Waals surface area (Å²) >= 11 is 0. The lowest BCUT2D eigenvalue weighted by Gasteiger charge is -2.05. The van der Waals surface area contributed by atoms with Gasteiger partial charge in [-0.3, -0.25) is 0 Å². The SMILES string of the molecule is N#Cc1cccc(COC(=O)c2ccc3ccccc3n2)c1. The van der Waals surface area contributed by atoms with Gasteiger partial charge >= 0.3 is 5.97 Å². The van der Waals surface area contributed by atoms with E-state index in [0.29, 0.717) is 5.56 Å². The van der Waals surface area contributed by atoms with Crippen LogP contribution in [0.3, 0.4) is 0 Å². The minimum atomic E-state index is -0.479. The maximum absolute atomic E-state index is 12.1. The molecule has 0 unspecified atom stereocenters. The molecule has 3 rings (SSSR count). The molecule has 4 heteroatoms. The Kier molecular flexibility index (Phi) is 3.80. The summed E-state index contributed by atoms with van der Waals surface area (Å²) in [6, 6.07) is 20.1. The van der Waals surface area contributed by atoms with E-state index in [0.717, 1.165) is 16.5 Å². The largest absolute Gasteiger partial charge is 0.456 e. The molecule has 3 aromatic rings. The second-order valence-corrected chi connectivity index (χ2v) is 4.78. The van der Waals surface area contributed by atoms with Crippen LogP contribution in [0.15, 0.2) is 60.7 Å². The first kappa shape index (κ1) is 13.8. The number of ether oxygens (including phenoxy) is 1. The molecule has 0 aliphatic heterocycles. The topological polar surface area (TPSA) is 63.0 Å². The number of hydrogen-bond donors (Lipinski definition) is 0. The monoisotopic (exact) mass is 288 g/mol. The summed E-state index contributed by atoms with van der Waals surface area (Å²) in [7, 11) is 0. The van der Waals surface area contributed by atoms with Gasteiger partial charge in [-0.15, -0.1) is 0 Å². The zero-order valence-electron chi connectivity index (χ0n) is 11.7. The van der Waals surface area contributed by atoms with Crippen molar-refractivity contribution in [2.75, 3.05) is 0 Å². The maximum atomic E-state index is 12.1. The van der Waals surface area contributed by atoms with Crippen molar-refractivity contribution in [2.45, 2.75) is 6.61 Å². The highest BCUT2D eigenvalue weighted by molar-refractivity contribution is 5.90. The van der Waals surface area contributed by atoms with Crippen LogP contribution in [0.1, 0.15) is 21.6 Å². The molecule has 0 radical (unpaired) electrons. The van der Waals surface area contributed by atoms with Gasteiger partial charge < -0.3 is 4.74 Å². The molecule has 0 bridgehead atoms. The van der Waals surface area contributed by atoms with Crippen molar-refractivity contribution in [3.8, 4) is 6.07 Å². The van der Waals surface area contributed by atoms with Crippen LogP contribution in [-0.4, -0.2) is 11.0 Å². The number of pyridine rings is 1. The molecule has 0 aliphatic rings. The quantitative estimate of drug-likeness (QED) is 0.692. The third-order valence-corrected chi connectivity index (χ3v) is 3.23. The fraction of sp³-hybridized carbons (Fsp3) is 0.0556. The minimum Gasteiger partial charge on any atom is -0.456 e. The molecule has 106 valence electrons. The highest BCUT2D eigenvalue weighted by Gasteiger charge is 2.10. The standard InChI is InChI=1S/C18H12N2O2/c19-11-13-4-3-5-14(10-13)12-22-18(21)17-9-8-15-6-1-2-7-16(15)20-17/h1-10H,12H2. The number of fused-ring (bicyclic) bond motifs is 1. The van der Waals surface area contributed by atoms with Crippen LogP contribution >= 0.6 is 0 Å². The highest BCUT2D eigenvalue weighted by atomic mass is 16.5. The zero-order chi connectivity index (χ0) is 15.4. The number of nitriles is 1. The fourth-order valence-corrected chi connectivity index (χ4v) is 2.13. The molecular formula is C18H12N2O2. The van der Waals surface area contributed by atoms with Gasteiger partial charge in [-0.25, -0.2) is 9.78 Å². The highest BCUT2D eigenvalue weighted by Crippen LogP contribution is 2.13. The number of benzene rings is 2. The van der Waals surface area contributed by atoms with E-state index in [2.05, 4.69) is 11.1 Å². The average molecular weight is 288 g/mol. The smallest absolute Gasteiger partial charge is 0.357 e. The molecule has 4 nitrogen and oxygen atoms in total.